The van der Waals surface area contributed by atoms with Crippen molar-refractivity contribution in [2.24, 2.45) is 0 Å². The standard InChI is InChI=1S/C15H21NO2/c1-11(2)6-8-16-14-7-9-18-15-5-4-12(17-3)10-13(14)15/h4-6,10,14,16H,7-9H2,1-3H3. The van der Waals surface area contributed by atoms with Gasteiger partial charge in [-0.2, -0.15) is 0 Å². The van der Waals surface area contributed by atoms with Crippen LogP contribution in [0.3, 0.4) is 0 Å². The fraction of sp³-hybridized carbons (Fsp3) is 0.467. The lowest BCUT2D eigenvalue weighted by atomic mass is 10.00. The lowest BCUT2D eigenvalue weighted by molar-refractivity contribution is 0.254. The van der Waals surface area contributed by atoms with Gasteiger partial charge in [-0.3, -0.25) is 0 Å². The van der Waals surface area contributed by atoms with Gasteiger partial charge in [0.05, 0.1) is 13.7 Å². The van der Waals surface area contributed by atoms with Crippen molar-refractivity contribution in [2.45, 2.75) is 26.3 Å². The van der Waals surface area contributed by atoms with Crippen LogP contribution in [0.2, 0.25) is 0 Å². The molecule has 0 aliphatic carbocycles. The number of methoxy groups -OCH3 is 1. The first kappa shape index (κ1) is 13.0. The first-order valence-corrected chi connectivity index (χ1v) is 6.38. The summed E-state index contributed by atoms with van der Waals surface area (Å²) in [6.07, 6.45) is 3.20. The van der Waals surface area contributed by atoms with Crippen LogP contribution in [-0.2, 0) is 0 Å². The highest BCUT2D eigenvalue weighted by Crippen LogP contribution is 2.34. The van der Waals surface area contributed by atoms with Crippen LogP contribution in [0.15, 0.2) is 29.8 Å². The number of fused-ring (bicyclic) bond motifs is 1. The van der Waals surface area contributed by atoms with Crippen LogP contribution in [-0.4, -0.2) is 20.3 Å². The van der Waals surface area contributed by atoms with Crippen LogP contribution in [0.25, 0.3) is 0 Å². The number of ether oxygens (including phenoxy) is 2. The second-order valence-corrected chi connectivity index (χ2v) is 4.78. The van der Waals surface area contributed by atoms with Gasteiger partial charge < -0.3 is 14.8 Å². The van der Waals surface area contributed by atoms with Gasteiger partial charge in [-0.1, -0.05) is 11.6 Å². The Balaban J connectivity index is 2.13. The highest BCUT2D eigenvalue weighted by Gasteiger charge is 2.21. The average Bonchev–Trinajstić information content (AvgIpc) is 2.38. The molecule has 1 unspecified atom stereocenters. The van der Waals surface area contributed by atoms with Crippen molar-refractivity contribution in [3.05, 3.63) is 35.4 Å². The molecular formula is C15H21NO2. The maximum atomic E-state index is 5.67. The van der Waals surface area contributed by atoms with Crippen molar-refractivity contribution in [1.82, 2.24) is 5.32 Å². The highest BCUT2D eigenvalue weighted by molar-refractivity contribution is 5.43. The minimum atomic E-state index is 0.347. The molecule has 0 spiro atoms. The van der Waals surface area contributed by atoms with Crippen LogP contribution in [0, 0.1) is 0 Å². The minimum Gasteiger partial charge on any atom is -0.497 e. The van der Waals surface area contributed by atoms with Gasteiger partial charge in [0.1, 0.15) is 11.5 Å². The second-order valence-electron chi connectivity index (χ2n) is 4.78. The van der Waals surface area contributed by atoms with E-state index < -0.39 is 0 Å². The third-order valence-electron chi connectivity index (χ3n) is 3.13. The van der Waals surface area contributed by atoms with E-state index in [4.69, 9.17) is 9.47 Å². The normalized spacial score (nSPS) is 17.6. The van der Waals surface area contributed by atoms with E-state index in [0.29, 0.717) is 6.04 Å². The topological polar surface area (TPSA) is 30.5 Å². The van der Waals surface area contributed by atoms with Gasteiger partial charge in [-0.15, -0.1) is 0 Å². The zero-order chi connectivity index (χ0) is 13.0. The van der Waals surface area contributed by atoms with Gasteiger partial charge in [-0.25, -0.2) is 0 Å². The lowest BCUT2D eigenvalue weighted by Gasteiger charge is -2.27. The molecule has 1 aliphatic rings. The van der Waals surface area contributed by atoms with Crippen molar-refractivity contribution < 1.29 is 9.47 Å². The van der Waals surface area contributed by atoms with Crippen molar-refractivity contribution in [3.63, 3.8) is 0 Å². The molecule has 0 fully saturated rings. The third-order valence-corrected chi connectivity index (χ3v) is 3.13. The maximum Gasteiger partial charge on any atom is 0.124 e. The smallest absolute Gasteiger partial charge is 0.124 e. The fourth-order valence-electron chi connectivity index (χ4n) is 2.12. The molecule has 2 rings (SSSR count). The molecular weight excluding hydrogens is 226 g/mol. The van der Waals surface area contributed by atoms with E-state index in [0.717, 1.165) is 31.1 Å². The number of rotatable bonds is 4. The number of allylic oxidation sites excluding steroid dienone is 1. The second kappa shape index (κ2) is 5.91. The van der Waals surface area contributed by atoms with Gasteiger partial charge in [-0.05, 0) is 32.0 Å². The minimum absolute atomic E-state index is 0.347. The van der Waals surface area contributed by atoms with Gasteiger partial charge in [0.15, 0.2) is 0 Å². The zero-order valence-electron chi connectivity index (χ0n) is 11.3. The van der Waals surface area contributed by atoms with Crippen molar-refractivity contribution >= 4 is 0 Å². The SMILES string of the molecule is COc1ccc2c(c1)C(NCC=C(C)C)CCO2. The van der Waals surface area contributed by atoms with E-state index in [-0.39, 0.29) is 0 Å². The van der Waals surface area contributed by atoms with E-state index in [2.05, 4.69) is 31.3 Å². The van der Waals surface area contributed by atoms with E-state index in [9.17, 15) is 0 Å². The van der Waals surface area contributed by atoms with Crippen LogP contribution in [0.1, 0.15) is 31.9 Å². The summed E-state index contributed by atoms with van der Waals surface area (Å²) in [7, 11) is 1.69. The molecule has 0 saturated carbocycles. The van der Waals surface area contributed by atoms with E-state index in [1.807, 2.05) is 12.1 Å². The van der Waals surface area contributed by atoms with Crippen molar-refractivity contribution in [2.75, 3.05) is 20.3 Å². The maximum absolute atomic E-state index is 5.67. The van der Waals surface area contributed by atoms with Crippen LogP contribution >= 0.6 is 0 Å². The zero-order valence-corrected chi connectivity index (χ0v) is 11.3. The molecule has 1 aliphatic heterocycles. The van der Waals surface area contributed by atoms with Crippen LogP contribution < -0.4 is 14.8 Å². The Kier molecular flexibility index (Phi) is 4.26. The molecule has 0 saturated heterocycles. The van der Waals surface area contributed by atoms with Crippen LogP contribution in [0.5, 0.6) is 11.5 Å². The van der Waals surface area contributed by atoms with E-state index in [1.54, 1.807) is 7.11 Å². The summed E-state index contributed by atoms with van der Waals surface area (Å²) < 4.78 is 10.9. The highest BCUT2D eigenvalue weighted by atomic mass is 16.5. The molecule has 1 heterocycles. The van der Waals surface area contributed by atoms with Gasteiger partial charge in [0, 0.05) is 24.6 Å². The van der Waals surface area contributed by atoms with Gasteiger partial charge >= 0.3 is 0 Å². The molecule has 98 valence electrons. The molecule has 3 heteroatoms. The molecule has 1 N–H and O–H groups in total. The summed E-state index contributed by atoms with van der Waals surface area (Å²) in [6, 6.07) is 6.34. The molecule has 1 atom stereocenters. The summed E-state index contributed by atoms with van der Waals surface area (Å²) in [6.45, 7) is 5.89. The average molecular weight is 247 g/mol. The molecule has 1 aromatic rings. The molecule has 0 amide bonds. The number of hydrogen-bond donors (Lipinski definition) is 1. The monoisotopic (exact) mass is 247 g/mol. The Morgan fingerprint density at radius 2 is 2.33 bits per heavy atom. The summed E-state index contributed by atoms with van der Waals surface area (Å²) >= 11 is 0. The first-order chi connectivity index (χ1) is 8.70. The Morgan fingerprint density at radius 1 is 1.50 bits per heavy atom. The van der Waals surface area contributed by atoms with Crippen LogP contribution in [0.4, 0.5) is 0 Å². The molecule has 18 heavy (non-hydrogen) atoms. The number of benzene rings is 1. The Labute approximate surface area is 109 Å². The predicted octanol–water partition coefficient (Wildman–Crippen LogP) is 3.07. The summed E-state index contributed by atoms with van der Waals surface area (Å²) in [4.78, 5) is 0. The van der Waals surface area contributed by atoms with E-state index in [1.165, 1.54) is 11.1 Å². The molecule has 0 aromatic heterocycles. The summed E-state index contributed by atoms with van der Waals surface area (Å²) in [5.74, 6) is 1.85. The summed E-state index contributed by atoms with van der Waals surface area (Å²) in [5.41, 5.74) is 2.53. The predicted molar refractivity (Wildman–Crippen MR) is 73.3 cm³/mol. The number of nitrogens with one attached hydrogen (secondary N) is 1. The molecule has 0 radical (unpaired) electrons. The Bertz CT molecular complexity index is 436. The lowest BCUT2D eigenvalue weighted by Crippen LogP contribution is -2.27. The first-order valence-electron chi connectivity index (χ1n) is 6.38. The van der Waals surface area contributed by atoms with Crippen molar-refractivity contribution in [3.8, 4) is 11.5 Å². The largest absolute Gasteiger partial charge is 0.497 e. The third kappa shape index (κ3) is 3.05. The molecule has 1 aromatic carbocycles. The number of hydrogen-bond acceptors (Lipinski definition) is 3. The van der Waals surface area contributed by atoms with E-state index >= 15 is 0 Å². The van der Waals surface area contributed by atoms with Gasteiger partial charge in [0.25, 0.3) is 0 Å². The quantitative estimate of drug-likeness (QED) is 0.829. The fourth-order valence-corrected chi connectivity index (χ4v) is 2.12. The molecule has 0 bridgehead atoms. The summed E-state index contributed by atoms with van der Waals surface area (Å²) in [5, 5.41) is 3.55. The Hall–Kier alpha value is -1.48. The van der Waals surface area contributed by atoms with Crippen molar-refractivity contribution in [1.29, 1.82) is 0 Å². The molecule has 3 nitrogen and oxygen atoms in total. The Morgan fingerprint density at radius 3 is 3.06 bits per heavy atom. The van der Waals surface area contributed by atoms with Gasteiger partial charge in [0.2, 0.25) is 0 Å².